The standard InChI is InChI=1S/C5H5NS2/c1-2-4-5(7)6-3-8-4/h2-3,7H,1H2. The molecule has 0 aliphatic carbocycles. The molecule has 0 fully saturated rings. The van der Waals surface area contributed by atoms with Crippen molar-refractivity contribution in [2.75, 3.05) is 0 Å². The molecule has 1 nitrogen and oxygen atoms in total. The topological polar surface area (TPSA) is 12.9 Å². The molecule has 1 aromatic heterocycles. The van der Waals surface area contributed by atoms with Gasteiger partial charge in [0, 0.05) is 0 Å². The molecule has 0 unspecified atom stereocenters. The van der Waals surface area contributed by atoms with E-state index in [0.29, 0.717) is 0 Å². The van der Waals surface area contributed by atoms with Gasteiger partial charge in [-0.2, -0.15) is 0 Å². The summed E-state index contributed by atoms with van der Waals surface area (Å²) in [5, 5.41) is 0.769. The number of hydrogen-bond acceptors (Lipinski definition) is 3. The smallest absolute Gasteiger partial charge is 0.111 e. The Kier molecular flexibility index (Phi) is 1.70. The number of thiazole rings is 1. The van der Waals surface area contributed by atoms with Gasteiger partial charge in [-0.05, 0) is 6.08 Å². The van der Waals surface area contributed by atoms with Crippen LogP contribution in [0, 0.1) is 0 Å². The van der Waals surface area contributed by atoms with Crippen LogP contribution in [-0.4, -0.2) is 4.98 Å². The lowest BCUT2D eigenvalue weighted by Crippen LogP contribution is -1.62. The van der Waals surface area contributed by atoms with E-state index in [-0.39, 0.29) is 0 Å². The van der Waals surface area contributed by atoms with Gasteiger partial charge < -0.3 is 0 Å². The molecule has 0 aromatic carbocycles. The molecule has 0 saturated carbocycles. The van der Waals surface area contributed by atoms with Gasteiger partial charge in [-0.25, -0.2) is 4.98 Å². The second-order valence-electron chi connectivity index (χ2n) is 1.24. The van der Waals surface area contributed by atoms with Gasteiger partial charge in [0.1, 0.15) is 5.03 Å². The number of aromatic nitrogens is 1. The Bertz CT molecular complexity index is 192. The minimum atomic E-state index is 0.769. The van der Waals surface area contributed by atoms with Crippen LogP contribution < -0.4 is 0 Å². The molecule has 0 radical (unpaired) electrons. The van der Waals surface area contributed by atoms with Crippen LogP contribution >= 0.6 is 24.0 Å². The lowest BCUT2D eigenvalue weighted by molar-refractivity contribution is 1.21. The highest BCUT2D eigenvalue weighted by atomic mass is 32.1. The molecule has 1 aromatic rings. The Labute approximate surface area is 57.5 Å². The van der Waals surface area contributed by atoms with Crippen molar-refractivity contribution >= 4 is 30.0 Å². The molecular formula is C5H5NS2. The summed E-state index contributed by atoms with van der Waals surface area (Å²) in [6, 6.07) is 0. The van der Waals surface area contributed by atoms with E-state index in [1.165, 1.54) is 0 Å². The molecule has 0 aliphatic heterocycles. The normalized spacial score (nSPS) is 9.12. The summed E-state index contributed by atoms with van der Waals surface area (Å²) in [5.74, 6) is 0. The zero-order chi connectivity index (χ0) is 5.98. The van der Waals surface area contributed by atoms with Gasteiger partial charge in [0.2, 0.25) is 0 Å². The second-order valence-corrected chi connectivity index (χ2v) is 2.55. The molecule has 1 heterocycles. The van der Waals surface area contributed by atoms with Gasteiger partial charge in [0.05, 0.1) is 10.4 Å². The monoisotopic (exact) mass is 143 g/mol. The third kappa shape index (κ3) is 0.928. The first-order valence-corrected chi connectivity index (χ1v) is 3.42. The molecule has 8 heavy (non-hydrogen) atoms. The fourth-order valence-corrected chi connectivity index (χ4v) is 1.30. The Hall–Kier alpha value is -0.280. The molecule has 0 atom stereocenters. The predicted octanol–water partition coefficient (Wildman–Crippen LogP) is 2.07. The maximum Gasteiger partial charge on any atom is 0.111 e. The molecular weight excluding hydrogens is 138 g/mol. The molecule has 42 valence electrons. The van der Waals surface area contributed by atoms with E-state index in [2.05, 4.69) is 24.2 Å². The average molecular weight is 143 g/mol. The van der Waals surface area contributed by atoms with Crippen molar-refractivity contribution in [3.63, 3.8) is 0 Å². The zero-order valence-electron chi connectivity index (χ0n) is 4.16. The number of hydrogen-bond donors (Lipinski definition) is 1. The van der Waals surface area contributed by atoms with Gasteiger partial charge in [0.25, 0.3) is 0 Å². The molecule has 3 heteroatoms. The zero-order valence-corrected chi connectivity index (χ0v) is 5.88. The number of thiol groups is 1. The SMILES string of the molecule is C=Cc1scnc1S. The summed E-state index contributed by atoms with van der Waals surface area (Å²) >= 11 is 5.60. The van der Waals surface area contributed by atoms with Crippen LogP contribution in [0.2, 0.25) is 0 Å². The van der Waals surface area contributed by atoms with E-state index in [9.17, 15) is 0 Å². The summed E-state index contributed by atoms with van der Waals surface area (Å²) in [7, 11) is 0. The highest BCUT2D eigenvalue weighted by molar-refractivity contribution is 7.80. The number of rotatable bonds is 1. The Morgan fingerprint density at radius 2 is 2.62 bits per heavy atom. The quantitative estimate of drug-likeness (QED) is 0.594. The molecule has 0 saturated heterocycles. The molecule has 0 spiro atoms. The van der Waals surface area contributed by atoms with Crippen molar-refractivity contribution < 1.29 is 0 Å². The van der Waals surface area contributed by atoms with Crippen LogP contribution in [0.1, 0.15) is 4.88 Å². The maximum absolute atomic E-state index is 4.06. The first kappa shape index (κ1) is 5.85. The van der Waals surface area contributed by atoms with E-state index in [0.717, 1.165) is 9.90 Å². The highest BCUT2D eigenvalue weighted by Crippen LogP contribution is 2.16. The average Bonchev–Trinajstić information content (AvgIpc) is 2.14. The van der Waals surface area contributed by atoms with E-state index >= 15 is 0 Å². The molecule has 0 aliphatic rings. The predicted molar refractivity (Wildman–Crippen MR) is 39.5 cm³/mol. The third-order valence-corrected chi connectivity index (χ3v) is 2.09. The van der Waals surface area contributed by atoms with Crippen molar-refractivity contribution in [3.8, 4) is 0 Å². The van der Waals surface area contributed by atoms with E-state index in [1.54, 1.807) is 22.9 Å². The van der Waals surface area contributed by atoms with Crippen LogP contribution in [0.3, 0.4) is 0 Å². The Morgan fingerprint density at radius 1 is 1.88 bits per heavy atom. The van der Waals surface area contributed by atoms with Crippen molar-refractivity contribution in [1.82, 2.24) is 4.98 Å². The van der Waals surface area contributed by atoms with E-state index in [1.807, 2.05) is 0 Å². The van der Waals surface area contributed by atoms with Crippen LogP contribution in [0.25, 0.3) is 6.08 Å². The van der Waals surface area contributed by atoms with Crippen LogP contribution in [0.4, 0.5) is 0 Å². The summed E-state index contributed by atoms with van der Waals surface area (Å²) in [5.41, 5.74) is 1.75. The maximum atomic E-state index is 4.06. The van der Waals surface area contributed by atoms with Crippen molar-refractivity contribution in [2.24, 2.45) is 0 Å². The Balaban J connectivity index is 3.09. The van der Waals surface area contributed by atoms with Gasteiger partial charge in [-0.15, -0.1) is 24.0 Å². The van der Waals surface area contributed by atoms with Crippen LogP contribution in [-0.2, 0) is 0 Å². The Morgan fingerprint density at radius 3 is 2.88 bits per heavy atom. The summed E-state index contributed by atoms with van der Waals surface area (Å²) in [6.45, 7) is 3.59. The third-order valence-electron chi connectivity index (χ3n) is 0.760. The van der Waals surface area contributed by atoms with Crippen LogP contribution in [0.15, 0.2) is 17.1 Å². The molecule has 0 N–H and O–H groups in total. The van der Waals surface area contributed by atoms with Gasteiger partial charge >= 0.3 is 0 Å². The van der Waals surface area contributed by atoms with Crippen molar-refractivity contribution in [1.29, 1.82) is 0 Å². The molecule has 1 rings (SSSR count). The lowest BCUT2D eigenvalue weighted by Gasteiger charge is -1.79. The summed E-state index contributed by atoms with van der Waals surface area (Å²) in [4.78, 5) is 4.93. The fraction of sp³-hybridized carbons (Fsp3) is 0. The van der Waals surface area contributed by atoms with Gasteiger partial charge in [-0.3, -0.25) is 0 Å². The number of nitrogens with zero attached hydrogens (tertiary/aromatic N) is 1. The van der Waals surface area contributed by atoms with E-state index < -0.39 is 0 Å². The van der Waals surface area contributed by atoms with Crippen molar-refractivity contribution in [2.45, 2.75) is 5.03 Å². The fourth-order valence-electron chi connectivity index (χ4n) is 0.389. The summed E-state index contributed by atoms with van der Waals surface area (Å²) < 4.78 is 0. The van der Waals surface area contributed by atoms with Gasteiger partial charge in [-0.1, -0.05) is 6.58 Å². The first-order chi connectivity index (χ1) is 3.84. The minimum absolute atomic E-state index is 0.769. The van der Waals surface area contributed by atoms with E-state index in [4.69, 9.17) is 0 Å². The van der Waals surface area contributed by atoms with Crippen molar-refractivity contribution in [3.05, 3.63) is 17.0 Å². The van der Waals surface area contributed by atoms with Crippen LogP contribution in [0.5, 0.6) is 0 Å². The lowest BCUT2D eigenvalue weighted by atomic mass is 10.5. The second kappa shape index (κ2) is 2.33. The minimum Gasteiger partial charge on any atom is -0.238 e. The highest BCUT2D eigenvalue weighted by Gasteiger charge is 1.93. The first-order valence-electron chi connectivity index (χ1n) is 2.09. The van der Waals surface area contributed by atoms with Gasteiger partial charge in [0.15, 0.2) is 0 Å². The summed E-state index contributed by atoms with van der Waals surface area (Å²) in [6.07, 6.45) is 1.75. The molecule has 0 bridgehead atoms. The molecule has 0 amide bonds. The largest absolute Gasteiger partial charge is 0.238 e.